The number of esters is 2. The fourth-order valence-electron chi connectivity index (χ4n) is 4.59. The summed E-state index contributed by atoms with van der Waals surface area (Å²) in [5, 5.41) is 0. The predicted molar refractivity (Wildman–Crippen MR) is 121 cm³/mol. The van der Waals surface area contributed by atoms with Crippen LogP contribution in [0.1, 0.15) is 51.0 Å². The maximum absolute atomic E-state index is 13.5. The van der Waals surface area contributed by atoms with Gasteiger partial charge in [-0.1, -0.05) is 30.3 Å². The third-order valence-corrected chi connectivity index (χ3v) is 6.48. The molecule has 2 heterocycles. The van der Waals surface area contributed by atoms with Crippen LogP contribution in [-0.2, 0) is 28.7 Å². The van der Waals surface area contributed by atoms with Gasteiger partial charge in [-0.05, 0) is 45.1 Å². The van der Waals surface area contributed by atoms with Crippen molar-refractivity contribution in [3.05, 3.63) is 35.9 Å². The lowest BCUT2D eigenvalue weighted by Crippen LogP contribution is -2.49. The zero-order valence-electron chi connectivity index (χ0n) is 19.5. The summed E-state index contributed by atoms with van der Waals surface area (Å²) >= 11 is 0. The van der Waals surface area contributed by atoms with Crippen molar-refractivity contribution in [3.63, 3.8) is 0 Å². The average Bonchev–Trinajstić information content (AvgIpc) is 2.85. The van der Waals surface area contributed by atoms with Gasteiger partial charge < -0.3 is 19.3 Å². The molecular formula is C25H34N2O6. The summed E-state index contributed by atoms with van der Waals surface area (Å²) in [6.45, 7) is 5.93. The van der Waals surface area contributed by atoms with Gasteiger partial charge >= 0.3 is 11.9 Å². The molecule has 2 fully saturated rings. The number of ether oxygens (including phenoxy) is 2. The van der Waals surface area contributed by atoms with Gasteiger partial charge in [-0.15, -0.1) is 0 Å². The molecule has 0 spiro atoms. The first-order valence-corrected chi connectivity index (χ1v) is 11.9. The van der Waals surface area contributed by atoms with Crippen molar-refractivity contribution >= 4 is 23.8 Å². The first kappa shape index (κ1) is 24.7. The molecule has 2 aliphatic rings. The van der Waals surface area contributed by atoms with Gasteiger partial charge in [-0.3, -0.25) is 19.2 Å². The summed E-state index contributed by atoms with van der Waals surface area (Å²) in [6, 6.07) is 9.10. The number of likely N-dealkylation sites (tertiary alicyclic amines) is 2. The van der Waals surface area contributed by atoms with Crippen molar-refractivity contribution in [2.75, 3.05) is 39.4 Å². The normalized spacial score (nSPS) is 17.7. The van der Waals surface area contributed by atoms with Gasteiger partial charge in [0, 0.05) is 26.2 Å². The maximum atomic E-state index is 13.5. The number of hydrogen-bond acceptors (Lipinski definition) is 6. The molecule has 0 bridgehead atoms. The van der Waals surface area contributed by atoms with Crippen LogP contribution in [0, 0.1) is 11.8 Å². The largest absolute Gasteiger partial charge is 0.466 e. The Balaban J connectivity index is 1.69. The molecule has 1 aromatic rings. The molecule has 0 aliphatic carbocycles. The Morgan fingerprint density at radius 3 is 1.52 bits per heavy atom. The van der Waals surface area contributed by atoms with Gasteiger partial charge in [0.05, 0.1) is 25.0 Å². The van der Waals surface area contributed by atoms with E-state index in [0.717, 1.165) is 0 Å². The van der Waals surface area contributed by atoms with Crippen LogP contribution < -0.4 is 0 Å². The topological polar surface area (TPSA) is 93.2 Å². The Bertz CT molecular complexity index is 777. The molecule has 0 N–H and O–H groups in total. The number of piperidine rings is 2. The molecule has 2 aliphatic heterocycles. The Morgan fingerprint density at radius 2 is 1.15 bits per heavy atom. The monoisotopic (exact) mass is 458 g/mol. The Kier molecular flexibility index (Phi) is 8.86. The van der Waals surface area contributed by atoms with E-state index in [0.29, 0.717) is 70.6 Å². The zero-order chi connectivity index (χ0) is 23.8. The number of hydrogen-bond donors (Lipinski definition) is 0. The van der Waals surface area contributed by atoms with Crippen molar-refractivity contribution < 1.29 is 28.7 Å². The second-order valence-electron chi connectivity index (χ2n) is 8.55. The van der Waals surface area contributed by atoms with Crippen LogP contribution in [0.15, 0.2) is 30.3 Å². The molecule has 1 aromatic carbocycles. The number of carbonyl (C=O) groups is 4. The van der Waals surface area contributed by atoms with Gasteiger partial charge in [0.15, 0.2) is 0 Å². The van der Waals surface area contributed by atoms with Crippen molar-refractivity contribution in [2.45, 2.75) is 45.4 Å². The van der Waals surface area contributed by atoms with Crippen molar-refractivity contribution in [2.24, 2.45) is 11.8 Å². The zero-order valence-corrected chi connectivity index (χ0v) is 19.5. The minimum atomic E-state index is -0.926. The SMILES string of the molecule is CCOC(=O)C1CCN(C(=O)C(C(=O)N2CCC(C(=O)OCC)CC2)c2ccccc2)CC1. The number of nitrogens with zero attached hydrogens (tertiary/aromatic N) is 2. The summed E-state index contributed by atoms with van der Waals surface area (Å²) in [6.07, 6.45) is 2.13. The summed E-state index contributed by atoms with van der Waals surface area (Å²) < 4.78 is 10.2. The van der Waals surface area contributed by atoms with E-state index in [2.05, 4.69) is 0 Å². The van der Waals surface area contributed by atoms with E-state index in [1.807, 2.05) is 18.2 Å². The van der Waals surface area contributed by atoms with Crippen LogP contribution in [-0.4, -0.2) is 72.9 Å². The molecule has 2 amide bonds. The molecule has 2 saturated heterocycles. The second-order valence-corrected chi connectivity index (χ2v) is 8.55. The Hall–Kier alpha value is -2.90. The van der Waals surface area contributed by atoms with Gasteiger partial charge in [0.25, 0.3) is 0 Å². The van der Waals surface area contributed by atoms with Gasteiger partial charge in [0.1, 0.15) is 5.92 Å². The molecule has 0 radical (unpaired) electrons. The number of amides is 2. The minimum absolute atomic E-state index is 0.207. The van der Waals surface area contributed by atoms with E-state index >= 15 is 0 Å². The molecule has 0 atom stereocenters. The van der Waals surface area contributed by atoms with Crippen LogP contribution >= 0.6 is 0 Å². The summed E-state index contributed by atoms with van der Waals surface area (Å²) in [5.74, 6) is -2.25. The third kappa shape index (κ3) is 6.12. The van der Waals surface area contributed by atoms with Crippen LogP contribution in [0.2, 0.25) is 0 Å². The van der Waals surface area contributed by atoms with E-state index in [1.54, 1.807) is 35.8 Å². The van der Waals surface area contributed by atoms with E-state index < -0.39 is 5.92 Å². The highest BCUT2D eigenvalue weighted by atomic mass is 16.5. The smallest absolute Gasteiger partial charge is 0.309 e. The molecule has 3 rings (SSSR count). The third-order valence-electron chi connectivity index (χ3n) is 6.48. The number of carbonyl (C=O) groups excluding carboxylic acids is 4. The molecule has 0 saturated carbocycles. The summed E-state index contributed by atoms with van der Waals surface area (Å²) in [4.78, 5) is 54.5. The fraction of sp³-hybridized carbons (Fsp3) is 0.600. The number of rotatable bonds is 7. The van der Waals surface area contributed by atoms with Crippen LogP contribution in [0.25, 0.3) is 0 Å². The van der Waals surface area contributed by atoms with Crippen LogP contribution in [0.5, 0.6) is 0 Å². The van der Waals surface area contributed by atoms with Crippen LogP contribution in [0.3, 0.4) is 0 Å². The van der Waals surface area contributed by atoms with Crippen molar-refractivity contribution in [1.82, 2.24) is 9.80 Å². The van der Waals surface area contributed by atoms with Gasteiger partial charge in [0.2, 0.25) is 11.8 Å². The Labute approximate surface area is 195 Å². The van der Waals surface area contributed by atoms with Crippen molar-refractivity contribution in [3.8, 4) is 0 Å². The average molecular weight is 459 g/mol. The van der Waals surface area contributed by atoms with Gasteiger partial charge in [-0.25, -0.2) is 0 Å². The summed E-state index contributed by atoms with van der Waals surface area (Å²) in [7, 11) is 0. The van der Waals surface area contributed by atoms with Crippen LogP contribution in [0.4, 0.5) is 0 Å². The van der Waals surface area contributed by atoms with Crippen molar-refractivity contribution in [1.29, 1.82) is 0 Å². The molecule has 8 heteroatoms. The van der Waals surface area contributed by atoms with E-state index in [-0.39, 0.29) is 35.6 Å². The standard InChI is InChI=1S/C25H34N2O6/c1-3-32-24(30)19-10-14-26(15-11-19)22(28)21(18-8-6-5-7-9-18)23(29)27-16-12-20(13-17-27)25(31)33-4-2/h5-9,19-21H,3-4,10-17H2,1-2H3. The second kappa shape index (κ2) is 11.8. The predicted octanol–water partition coefficient (Wildman–Crippen LogP) is 2.37. The highest BCUT2D eigenvalue weighted by Gasteiger charge is 2.39. The molecule has 8 nitrogen and oxygen atoms in total. The van der Waals surface area contributed by atoms with Gasteiger partial charge in [-0.2, -0.15) is 0 Å². The van der Waals surface area contributed by atoms with E-state index in [4.69, 9.17) is 9.47 Å². The lowest BCUT2D eigenvalue weighted by molar-refractivity contribution is -0.154. The molecule has 180 valence electrons. The lowest BCUT2D eigenvalue weighted by Gasteiger charge is -2.36. The van der Waals surface area contributed by atoms with E-state index in [1.165, 1.54) is 0 Å². The fourth-order valence-corrected chi connectivity index (χ4v) is 4.59. The molecule has 33 heavy (non-hydrogen) atoms. The highest BCUT2D eigenvalue weighted by molar-refractivity contribution is 6.05. The first-order chi connectivity index (χ1) is 16.0. The lowest BCUT2D eigenvalue weighted by atomic mass is 9.91. The molecule has 0 unspecified atom stereocenters. The quantitative estimate of drug-likeness (QED) is 0.460. The summed E-state index contributed by atoms with van der Waals surface area (Å²) in [5.41, 5.74) is 0.660. The maximum Gasteiger partial charge on any atom is 0.309 e. The molecular weight excluding hydrogens is 424 g/mol. The Morgan fingerprint density at radius 1 is 0.758 bits per heavy atom. The number of benzene rings is 1. The van der Waals surface area contributed by atoms with E-state index in [9.17, 15) is 19.2 Å². The first-order valence-electron chi connectivity index (χ1n) is 11.9. The minimum Gasteiger partial charge on any atom is -0.466 e. The molecule has 0 aromatic heterocycles. The highest BCUT2D eigenvalue weighted by Crippen LogP contribution is 2.28.